The molecule has 1 aromatic carbocycles. The lowest BCUT2D eigenvalue weighted by atomic mass is 9.79. The van der Waals surface area contributed by atoms with Crippen LogP contribution in [0.4, 0.5) is 5.82 Å². The minimum atomic E-state index is -0.838. The second kappa shape index (κ2) is 7.61. The first-order valence-corrected chi connectivity index (χ1v) is 9.42. The first-order valence-electron chi connectivity index (χ1n) is 9.04. The van der Waals surface area contributed by atoms with Gasteiger partial charge in [0.05, 0.1) is 11.5 Å². The minimum Gasteiger partial charge on any atom is -0.363 e. The van der Waals surface area contributed by atoms with E-state index in [4.69, 9.17) is 11.6 Å². The number of aromatic amines is 1. The second-order valence-corrected chi connectivity index (χ2v) is 7.62. The highest BCUT2D eigenvalue weighted by molar-refractivity contribution is 6.28. The number of rotatable bonds is 5. The maximum Gasteiger partial charge on any atom is 0.251 e. The van der Waals surface area contributed by atoms with Gasteiger partial charge in [-0.05, 0) is 48.0 Å². The van der Waals surface area contributed by atoms with E-state index < -0.39 is 5.41 Å². The van der Waals surface area contributed by atoms with Crippen LogP contribution in [0, 0.1) is 11.3 Å². The zero-order valence-electron chi connectivity index (χ0n) is 16.4. The van der Waals surface area contributed by atoms with E-state index in [0.717, 1.165) is 22.0 Å². The molecular formula is C21H22ClN5O. The van der Waals surface area contributed by atoms with E-state index in [2.05, 4.69) is 21.0 Å². The van der Waals surface area contributed by atoms with Crippen LogP contribution < -0.4 is 10.5 Å². The van der Waals surface area contributed by atoms with Crippen LogP contribution in [0.3, 0.4) is 0 Å². The third-order valence-electron chi connectivity index (χ3n) is 4.92. The summed E-state index contributed by atoms with van der Waals surface area (Å²) in [6.45, 7) is 3.81. The SMILES string of the molecule is CCc1cc2ccc(C(C)(C#N)Cc3cc(N(C)C)nc(Cl)n3)cc2[nH]c1=O. The highest BCUT2D eigenvalue weighted by Gasteiger charge is 2.28. The molecule has 1 atom stereocenters. The average Bonchev–Trinajstić information content (AvgIpc) is 2.66. The minimum absolute atomic E-state index is 0.0935. The van der Waals surface area contributed by atoms with Gasteiger partial charge in [-0.3, -0.25) is 4.79 Å². The van der Waals surface area contributed by atoms with Gasteiger partial charge >= 0.3 is 0 Å². The molecule has 3 aromatic rings. The Balaban J connectivity index is 2.04. The van der Waals surface area contributed by atoms with Crippen molar-refractivity contribution >= 4 is 28.3 Å². The fraction of sp³-hybridized carbons (Fsp3) is 0.333. The molecule has 28 heavy (non-hydrogen) atoms. The van der Waals surface area contributed by atoms with Gasteiger partial charge in [0.25, 0.3) is 5.56 Å². The number of aryl methyl sites for hydroxylation is 1. The lowest BCUT2D eigenvalue weighted by molar-refractivity contribution is 0.596. The molecule has 0 bridgehead atoms. The van der Waals surface area contributed by atoms with Gasteiger partial charge in [-0.25, -0.2) is 9.97 Å². The van der Waals surface area contributed by atoms with Crippen molar-refractivity contribution in [2.75, 3.05) is 19.0 Å². The first kappa shape index (κ1) is 19.8. The molecule has 144 valence electrons. The number of hydrogen-bond acceptors (Lipinski definition) is 5. The van der Waals surface area contributed by atoms with Gasteiger partial charge in [0.1, 0.15) is 5.82 Å². The summed E-state index contributed by atoms with van der Waals surface area (Å²) in [5.41, 5.74) is 2.02. The van der Waals surface area contributed by atoms with Gasteiger partial charge in [0.15, 0.2) is 0 Å². The number of aromatic nitrogens is 3. The smallest absolute Gasteiger partial charge is 0.251 e. The van der Waals surface area contributed by atoms with E-state index in [1.54, 1.807) is 0 Å². The van der Waals surface area contributed by atoms with E-state index in [1.165, 1.54) is 0 Å². The van der Waals surface area contributed by atoms with Gasteiger partial charge in [0.2, 0.25) is 5.28 Å². The molecule has 6 nitrogen and oxygen atoms in total. The van der Waals surface area contributed by atoms with E-state index in [1.807, 2.05) is 63.2 Å². The Kier molecular flexibility index (Phi) is 5.39. The van der Waals surface area contributed by atoms with Gasteiger partial charge in [-0.2, -0.15) is 5.26 Å². The fourth-order valence-corrected chi connectivity index (χ4v) is 3.39. The predicted molar refractivity (Wildman–Crippen MR) is 112 cm³/mol. The van der Waals surface area contributed by atoms with E-state index >= 15 is 0 Å². The summed E-state index contributed by atoms with van der Waals surface area (Å²) in [7, 11) is 3.74. The lowest BCUT2D eigenvalue weighted by Gasteiger charge is -2.23. The summed E-state index contributed by atoms with van der Waals surface area (Å²) in [6, 6.07) is 11.9. The lowest BCUT2D eigenvalue weighted by Crippen LogP contribution is -2.24. The van der Waals surface area contributed by atoms with Crippen LogP contribution >= 0.6 is 11.6 Å². The molecule has 0 aliphatic rings. The van der Waals surface area contributed by atoms with Crippen LogP contribution in [0.2, 0.25) is 5.28 Å². The second-order valence-electron chi connectivity index (χ2n) is 7.28. The molecule has 0 spiro atoms. The van der Waals surface area contributed by atoms with Crippen LogP contribution in [-0.4, -0.2) is 29.0 Å². The third-order valence-corrected chi connectivity index (χ3v) is 5.09. The average molecular weight is 396 g/mol. The highest BCUT2D eigenvalue weighted by Crippen LogP contribution is 2.30. The van der Waals surface area contributed by atoms with Crippen molar-refractivity contribution in [2.45, 2.75) is 32.1 Å². The van der Waals surface area contributed by atoms with Crippen molar-refractivity contribution in [2.24, 2.45) is 0 Å². The molecule has 0 saturated heterocycles. The number of nitrogens with one attached hydrogen (secondary N) is 1. The number of halogens is 1. The molecule has 0 amide bonds. The monoisotopic (exact) mass is 395 g/mol. The van der Waals surface area contributed by atoms with Crippen molar-refractivity contribution < 1.29 is 0 Å². The largest absolute Gasteiger partial charge is 0.363 e. The van der Waals surface area contributed by atoms with Crippen molar-refractivity contribution in [3.8, 4) is 6.07 Å². The van der Waals surface area contributed by atoms with E-state index in [-0.39, 0.29) is 10.8 Å². The van der Waals surface area contributed by atoms with Crippen LogP contribution in [0.5, 0.6) is 0 Å². The maximum absolute atomic E-state index is 12.2. The predicted octanol–water partition coefficient (Wildman–Crippen LogP) is 3.62. The van der Waals surface area contributed by atoms with Crippen LogP contribution in [0.25, 0.3) is 10.9 Å². The molecule has 3 rings (SSSR count). The van der Waals surface area contributed by atoms with Crippen LogP contribution in [0.15, 0.2) is 35.1 Å². The number of benzene rings is 1. The summed E-state index contributed by atoms with van der Waals surface area (Å²) in [6.07, 6.45) is 1.04. The number of nitrogens with zero attached hydrogens (tertiary/aromatic N) is 4. The number of pyridine rings is 1. The number of H-pyrrole nitrogens is 1. The molecular weight excluding hydrogens is 374 g/mol. The summed E-state index contributed by atoms with van der Waals surface area (Å²) >= 11 is 6.06. The molecule has 0 fully saturated rings. The van der Waals surface area contributed by atoms with E-state index in [9.17, 15) is 10.1 Å². The molecule has 0 saturated carbocycles. The van der Waals surface area contributed by atoms with Crippen LogP contribution in [0.1, 0.15) is 30.7 Å². The standard InChI is InChI=1S/C21H22ClN5O/c1-5-13-8-14-6-7-15(9-17(14)25-19(13)28)21(2,12-23)11-16-10-18(27(3)4)26-20(22)24-16/h6-10H,5,11H2,1-4H3,(H,25,28). The number of anilines is 1. The summed E-state index contributed by atoms with van der Waals surface area (Å²) in [5, 5.41) is 11.0. The zero-order chi connectivity index (χ0) is 20.5. The third kappa shape index (κ3) is 3.85. The molecule has 1 unspecified atom stereocenters. The molecule has 2 heterocycles. The summed E-state index contributed by atoms with van der Waals surface area (Å²) in [4.78, 5) is 25.4. The molecule has 0 aliphatic carbocycles. The Hall–Kier alpha value is -2.91. The van der Waals surface area contributed by atoms with Crippen molar-refractivity contribution in [1.29, 1.82) is 5.26 Å². The Bertz CT molecular complexity index is 1130. The molecule has 0 aliphatic heterocycles. The van der Waals surface area contributed by atoms with E-state index in [0.29, 0.717) is 24.4 Å². The van der Waals surface area contributed by atoms with Crippen molar-refractivity contribution in [3.05, 3.63) is 62.8 Å². The normalized spacial score (nSPS) is 13.1. The first-order chi connectivity index (χ1) is 13.3. The van der Waals surface area contributed by atoms with Crippen molar-refractivity contribution in [1.82, 2.24) is 15.0 Å². The quantitative estimate of drug-likeness (QED) is 0.667. The molecule has 0 radical (unpaired) electrons. The number of fused-ring (bicyclic) bond motifs is 1. The van der Waals surface area contributed by atoms with Gasteiger partial charge in [-0.1, -0.05) is 19.1 Å². The molecule has 2 aromatic heterocycles. The van der Waals surface area contributed by atoms with Gasteiger partial charge in [-0.15, -0.1) is 0 Å². The summed E-state index contributed by atoms with van der Waals surface area (Å²) in [5.74, 6) is 0.685. The Morgan fingerprint density at radius 3 is 2.64 bits per heavy atom. The summed E-state index contributed by atoms with van der Waals surface area (Å²) < 4.78 is 0. The Morgan fingerprint density at radius 1 is 1.25 bits per heavy atom. The van der Waals surface area contributed by atoms with Crippen LogP contribution in [-0.2, 0) is 18.3 Å². The maximum atomic E-state index is 12.2. The molecule has 1 N–H and O–H groups in total. The van der Waals surface area contributed by atoms with Gasteiger partial charge in [0, 0.05) is 43.4 Å². The zero-order valence-corrected chi connectivity index (χ0v) is 17.1. The number of nitriles is 1. The number of hydrogen-bond donors (Lipinski definition) is 1. The Labute approximate surface area is 168 Å². The molecule has 7 heteroatoms. The van der Waals surface area contributed by atoms with Gasteiger partial charge < -0.3 is 9.88 Å². The fourth-order valence-electron chi connectivity index (χ4n) is 3.19. The Morgan fingerprint density at radius 2 is 2.00 bits per heavy atom. The topological polar surface area (TPSA) is 85.7 Å². The highest BCUT2D eigenvalue weighted by atomic mass is 35.5. The van der Waals surface area contributed by atoms with Crippen molar-refractivity contribution in [3.63, 3.8) is 0 Å².